The average Bonchev–Trinajstić information content (AvgIpc) is 2.27. The molecule has 76 valence electrons. The summed E-state index contributed by atoms with van der Waals surface area (Å²) in [4.78, 5) is 13.3. The lowest BCUT2D eigenvalue weighted by atomic mass is 10.2. The quantitative estimate of drug-likeness (QED) is 0.538. The maximum absolute atomic E-state index is 11.7. The predicted molar refractivity (Wildman–Crippen MR) is 62.4 cm³/mol. The van der Waals surface area contributed by atoms with Gasteiger partial charge >= 0.3 is 0 Å². The van der Waals surface area contributed by atoms with E-state index < -0.39 is 0 Å². The van der Waals surface area contributed by atoms with Crippen molar-refractivity contribution in [3.63, 3.8) is 0 Å². The van der Waals surface area contributed by atoms with Crippen molar-refractivity contribution in [1.82, 2.24) is 0 Å². The summed E-state index contributed by atoms with van der Waals surface area (Å²) in [5.41, 5.74) is 0.845. The van der Waals surface area contributed by atoms with Crippen molar-refractivity contribution in [2.24, 2.45) is 0 Å². The molecular weight excluding hydrogens is 186 g/mol. The van der Waals surface area contributed by atoms with Crippen LogP contribution in [0.25, 0.3) is 0 Å². The van der Waals surface area contributed by atoms with Gasteiger partial charge in [-0.05, 0) is 12.1 Å². The van der Waals surface area contributed by atoms with Crippen LogP contribution in [0, 0.1) is 12.3 Å². The number of benzene rings is 1. The van der Waals surface area contributed by atoms with Crippen LogP contribution in [0.2, 0.25) is 0 Å². The molecule has 0 saturated carbocycles. The zero-order chi connectivity index (χ0) is 11.1. The van der Waals surface area contributed by atoms with E-state index in [1.54, 1.807) is 11.0 Å². The van der Waals surface area contributed by atoms with Crippen molar-refractivity contribution in [2.45, 2.75) is 6.42 Å². The molecule has 2 heteroatoms. The molecule has 0 bridgehead atoms. The number of anilines is 1. The van der Waals surface area contributed by atoms with Gasteiger partial charge in [-0.25, -0.2) is 0 Å². The molecule has 0 heterocycles. The summed E-state index contributed by atoms with van der Waals surface area (Å²) < 4.78 is 0. The topological polar surface area (TPSA) is 20.3 Å². The maximum atomic E-state index is 11.7. The Morgan fingerprint density at radius 1 is 1.47 bits per heavy atom. The van der Waals surface area contributed by atoms with E-state index in [2.05, 4.69) is 12.5 Å². The van der Waals surface area contributed by atoms with Gasteiger partial charge in [-0.15, -0.1) is 13.0 Å². The Kier molecular flexibility index (Phi) is 4.18. The molecule has 0 saturated heterocycles. The smallest absolute Gasteiger partial charge is 0.239 e. The summed E-state index contributed by atoms with van der Waals surface area (Å²) in [5.74, 6) is 2.27. The monoisotopic (exact) mass is 199 g/mol. The minimum Gasteiger partial charge on any atom is -0.308 e. The van der Waals surface area contributed by atoms with Gasteiger partial charge in [0, 0.05) is 12.2 Å². The fraction of sp³-hybridized carbons (Fsp3) is 0.154. The van der Waals surface area contributed by atoms with Crippen LogP contribution < -0.4 is 4.90 Å². The van der Waals surface area contributed by atoms with Crippen LogP contribution in [0.5, 0.6) is 0 Å². The van der Waals surface area contributed by atoms with Crippen molar-refractivity contribution < 1.29 is 4.79 Å². The highest BCUT2D eigenvalue weighted by atomic mass is 16.2. The lowest BCUT2D eigenvalue weighted by Gasteiger charge is -2.20. The highest BCUT2D eigenvalue weighted by Crippen LogP contribution is 2.13. The molecule has 0 spiro atoms. The summed E-state index contributed by atoms with van der Waals surface area (Å²) in [7, 11) is 0. The first-order chi connectivity index (χ1) is 7.29. The van der Waals surface area contributed by atoms with Gasteiger partial charge in [-0.2, -0.15) is 0 Å². The van der Waals surface area contributed by atoms with Crippen molar-refractivity contribution in [3.05, 3.63) is 43.0 Å². The number of amides is 1. The second-order valence-corrected chi connectivity index (χ2v) is 3.01. The summed E-state index contributed by atoms with van der Waals surface area (Å²) >= 11 is 0. The van der Waals surface area contributed by atoms with E-state index in [0.717, 1.165) is 5.69 Å². The fourth-order valence-corrected chi connectivity index (χ4v) is 1.27. The highest BCUT2D eigenvalue weighted by molar-refractivity contribution is 5.94. The van der Waals surface area contributed by atoms with Crippen molar-refractivity contribution in [3.8, 4) is 12.3 Å². The fourth-order valence-electron chi connectivity index (χ4n) is 1.27. The summed E-state index contributed by atoms with van der Waals surface area (Å²) in [6, 6.07) is 9.42. The second kappa shape index (κ2) is 5.66. The molecular formula is C13H13NO. The van der Waals surface area contributed by atoms with E-state index in [1.165, 1.54) is 0 Å². The molecule has 0 N–H and O–H groups in total. The number of nitrogens with zero attached hydrogens (tertiary/aromatic N) is 1. The van der Waals surface area contributed by atoms with Gasteiger partial charge in [-0.3, -0.25) is 4.79 Å². The maximum Gasteiger partial charge on any atom is 0.239 e. The van der Waals surface area contributed by atoms with Gasteiger partial charge in [0.05, 0.1) is 6.42 Å². The van der Waals surface area contributed by atoms with Crippen LogP contribution >= 0.6 is 0 Å². The standard InChI is InChI=1S/C13H13NO/c1-3-8-13(15)14(11-4-2)12-9-6-5-7-10-12/h1,4-7,9-10H,2,8,11H2. The molecule has 0 aliphatic rings. The minimum atomic E-state index is -0.0800. The number of carbonyl (C=O) groups is 1. The van der Waals surface area contributed by atoms with Crippen molar-refractivity contribution in [1.29, 1.82) is 0 Å². The summed E-state index contributed by atoms with van der Waals surface area (Å²) in [5, 5.41) is 0. The number of carbonyl (C=O) groups excluding carboxylic acids is 1. The molecule has 0 unspecified atom stereocenters. The Bertz CT molecular complexity index is 375. The van der Waals surface area contributed by atoms with Gasteiger partial charge < -0.3 is 4.90 Å². The van der Waals surface area contributed by atoms with E-state index >= 15 is 0 Å². The van der Waals surface area contributed by atoms with Gasteiger partial charge in [0.2, 0.25) is 5.91 Å². The Morgan fingerprint density at radius 3 is 2.67 bits per heavy atom. The van der Waals surface area contributed by atoms with Crippen LogP contribution in [-0.4, -0.2) is 12.5 Å². The van der Waals surface area contributed by atoms with Crippen LogP contribution in [0.1, 0.15) is 6.42 Å². The van der Waals surface area contributed by atoms with E-state index in [0.29, 0.717) is 6.54 Å². The number of para-hydroxylation sites is 1. The number of hydrogen-bond acceptors (Lipinski definition) is 1. The van der Waals surface area contributed by atoms with Crippen LogP contribution in [-0.2, 0) is 4.79 Å². The molecule has 2 nitrogen and oxygen atoms in total. The first-order valence-corrected chi connectivity index (χ1v) is 4.69. The van der Waals surface area contributed by atoms with Crippen LogP contribution in [0.3, 0.4) is 0 Å². The third-order valence-corrected chi connectivity index (χ3v) is 1.93. The van der Waals surface area contributed by atoms with E-state index in [1.807, 2.05) is 30.3 Å². The lowest BCUT2D eigenvalue weighted by Crippen LogP contribution is -2.30. The van der Waals surface area contributed by atoms with E-state index in [4.69, 9.17) is 6.42 Å². The normalized spacial score (nSPS) is 9.00. The zero-order valence-electron chi connectivity index (χ0n) is 8.52. The minimum absolute atomic E-state index is 0.0800. The third-order valence-electron chi connectivity index (χ3n) is 1.93. The van der Waals surface area contributed by atoms with Gasteiger partial charge in [0.25, 0.3) is 0 Å². The largest absolute Gasteiger partial charge is 0.308 e. The zero-order valence-corrected chi connectivity index (χ0v) is 8.52. The highest BCUT2D eigenvalue weighted by Gasteiger charge is 2.11. The molecule has 1 rings (SSSR count). The van der Waals surface area contributed by atoms with E-state index in [9.17, 15) is 4.79 Å². The van der Waals surface area contributed by atoms with Crippen LogP contribution in [0.15, 0.2) is 43.0 Å². The molecule has 1 aromatic carbocycles. The second-order valence-electron chi connectivity index (χ2n) is 3.01. The SMILES string of the molecule is C#CCC(=O)N(CC=C)c1ccccc1. The average molecular weight is 199 g/mol. The molecule has 0 atom stereocenters. The molecule has 0 aliphatic heterocycles. The molecule has 1 aromatic rings. The van der Waals surface area contributed by atoms with Gasteiger partial charge in [0.15, 0.2) is 0 Å². The molecule has 0 radical (unpaired) electrons. The van der Waals surface area contributed by atoms with Gasteiger partial charge in [0.1, 0.15) is 0 Å². The first kappa shape index (κ1) is 11.1. The predicted octanol–water partition coefficient (Wildman–Crippen LogP) is 2.23. The number of terminal acetylenes is 1. The lowest BCUT2D eigenvalue weighted by molar-refractivity contribution is -0.117. The summed E-state index contributed by atoms with van der Waals surface area (Å²) in [6.45, 7) is 4.10. The molecule has 0 aliphatic carbocycles. The Hall–Kier alpha value is -2.01. The Balaban J connectivity index is 2.88. The Labute approximate surface area is 90.2 Å². The van der Waals surface area contributed by atoms with Crippen LogP contribution in [0.4, 0.5) is 5.69 Å². The first-order valence-electron chi connectivity index (χ1n) is 4.69. The van der Waals surface area contributed by atoms with Gasteiger partial charge in [-0.1, -0.05) is 30.2 Å². The third kappa shape index (κ3) is 2.99. The molecule has 0 fully saturated rings. The number of rotatable bonds is 4. The molecule has 0 aromatic heterocycles. The number of hydrogen-bond donors (Lipinski definition) is 0. The Morgan fingerprint density at radius 2 is 2.13 bits per heavy atom. The van der Waals surface area contributed by atoms with E-state index in [-0.39, 0.29) is 12.3 Å². The molecule has 15 heavy (non-hydrogen) atoms. The summed E-state index contributed by atoms with van der Waals surface area (Å²) in [6.07, 6.45) is 6.91. The van der Waals surface area contributed by atoms with Crippen molar-refractivity contribution >= 4 is 11.6 Å². The van der Waals surface area contributed by atoms with Crippen molar-refractivity contribution in [2.75, 3.05) is 11.4 Å². The molecule has 1 amide bonds.